The fourth-order valence-electron chi connectivity index (χ4n) is 6.09. The van der Waals surface area contributed by atoms with Gasteiger partial charge in [-0.3, -0.25) is 9.58 Å². The highest BCUT2D eigenvalue weighted by Crippen LogP contribution is 2.30. The first-order valence-electron chi connectivity index (χ1n) is 15.5. The number of aliphatic hydroxyl groups is 1. The van der Waals surface area contributed by atoms with E-state index in [0.717, 1.165) is 42.4 Å². The van der Waals surface area contributed by atoms with Crippen molar-refractivity contribution in [3.05, 3.63) is 78.4 Å². The Balaban J connectivity index is 1.14. The summed E-state index contributed by atoms with van der Waals surface area (Å²) in [5.74, 6) is 1.71. The van der Waals surface area contributed by atoms with Crippen LogP contribution in [0.1, 0.15) is 49.7 Å². The Hall–Kier alpha value is -5.02. The molecule has 45 heavy (non-hydrogen) atoms. The van der Waals surface area contributed by atoms with E-state index in [4.69, 9.17) is 9.97 Å². The Morgan fingerprint density at radius 1 is 1.00 bits per heavy atom. The number of nitriles is 1. The summed E-state index contributed by atoms with van der Waals surface area (Å²) in [5.41, 5.74) is 3.36. The molecule has 6 rings (SSSR count). The van der Waals surface area contributed by atoms with Gasteiger partial charge in [-0.1, -0.05) is 30.3 Å². The number of nitrogens with one attached hydrogen (secondary N) is 2. The first kappa shape index (κ1) is 30.0. The molecule has 0 atom stereocenters. The zero-order valence-corrected chi connectivity index (χ0v) is 25.4. The highest BCUT2D eigenvalue weighted by molar-refractivity contribution is 5.91. The molecule has 3 N–H and O–H groups in total. The third-order valence-electron chi connectivity index (χ3n) is 8.59. The van der Waals surface area contributed by atoms with Crippen molar-refractivity contribution >= 4 is 23.6 Å². The molecule has 0 bridgehead atoms. The molecule has 0 spiro atoms. The molecule has 3 aromatic heterocycles. The number of benzene rings is 1. The molecular formula is C33H38N10O2. The van der Waals surface area contributed by atoms with Crippen molar-refractivity contribution in [3.63, 3.8) is 0 Å². The number of hydrogen-bond donors (Lipinski definition) is 3. The molecule has 0 unspecified atom stereocenters. The van der Waals surface area contributed by atoms with E-state index >= 15 is 0 Å². The molecule has 12 nitrogen and oxygen atoms in total. The Kier molecular flexibility index (Phi) is 9.17. The van der Waals surface area contributed by atoms with E-state index in [0.29, 0.717) is 55.6 Å². The zero-order valence-electron chi connectivity index (χ0n) is 25.4. The van der Waals surface area contributed by atoms with E-state index in [1.807, 2.05) is 60.6 Å². The lowest BCUT2D eigenvalue weighted by molar-refractivity contribution is 0.145. The van der Waals surface area contributed by atoms with Gasteiger partial charge in [-0.2, -0.15) is 15.3 Å². The fraction of sp³-hybridized carbons (Fsp3) is 0.394. The molecule has 4 aromatic rings. The summed E-state index contributed by atoms with van der Waals surface area (Å²) in [6.45, 7) is 1.73. The van der Waals surface area contributed by atoms with Gasteiger partial charge in [-0.15, -0.1) is 0 Å². The number of nitrogens with zero attached hydrogens (tertiary/aromatic N) is 8. The Labute approximate surface area is 262 Å². The van der Waals surface area contributed by atoms with Crippen LogP contribution in [0.2, 0.25) is 0 Å². The summed E-state index contributed by atoms with van der Waals surface area (Å²) in [5, 5.41) is 30.4. The van der Waals surface area contributed by atoms with Crippen LogP contribution in [-0.2, 0) is 13.6 Å². The number of aromatic nitrogens is 5. The van der Waals surface area contributed by atoms with Gasteiger partial charge in [0.25, 0.3) is 0 Å². The zero-order chi connectivity index (χ0) is 31.2. The second-order valence-corrected chi connectivity index (χ2v) is 11.7. The average molecular weight is 607 g/mol. The van der Waals surface area contributed by atoms with Crippen LogP contribution in [0.3, 0.4) is 0 Å². The van der Waals surface area contributed by atoms with Crippen LogP contribution in [0.15, 0.2) is 67.3 Å². The van der Waals surface area contributed by atoms with Crippen molar-refractivity contribution in [3.8, 4) is 17.2 Å². The van der Waals surface area contributed by atoms with Crippen molar-refractivity contribution in [1.82, 2.24) is 30.0 Å². The number of urea groups is 1. The van der Waals surface area contributed by atoms with Crippen LogP contribution in [0, 0.1) is 11.3 Å². The normalized spacial score (nSPS) is 18.6. The lowest BCUT2D eigenvalue weighted by Crippen LogP contribution is -2.49. The van der Waals surface area contributed by atoms with Gasteiger partial charge in [0.1, 0.15) is 17.5 Å². The maximum atomic E-state index is 13.7. The van der Waals surface area contributed by atoms with Crippen LogP contribution in [0.4, 0.5) is 22.4 Å². The maximum absolute atomic E-state index is 13.7. The standard InChI is InChI=1S/C33H38N10O2/c1-41-22-26(21-38-41)24-7-12-30(35-19-24)43(33(45)37-18-23-5-3-2-4-6-23)28-10-8-27(9-11-28)39-32-36-20-25(17-34)31(40-32)42-15-13-29(44)14-16-42/h2-7,12,19-22,27-29,44H,8-11,13-16,18H2,1H3,(H,37,45)(H,36,39,40). The number of rotatable bonds is 8. The number of amides is 2. The Morgan fingerprint density at radius 2 is 1.78 bits per heavy atom. The van der Waals surface area contributed by atoms with E-state index in [2.05, 4.69) is 26.8 Å². The molecule has 2 amide bonds. The number of anilines is 3. The molecule has 4 heterocycles. The highest BCUT2D eigenvalue weighted by Gasteiger charge is 2.31. The number of aliphatic hydroxyl groups excluding tert-OH is 1. The van der Waals surface area contributed by atoms with Crippen molar-refractivity contribution in [2.75, 3.05) is 28.2 Å². The third-order valence-corrected chi connectivity index (χ3v) is 8.59. The summed E-state index contributed by atoms with van der Waals surface area (Å²) in [6.07, 6.45) is 11.3. The van der Waals surface area contributed by atoms with E-state index < -0.39 is 0 Å². The maximum Gasteiger partial charge on any atom is 0.323 e. The minimum atomic E-state index is -0.310. The van der Waals surface area contributed by atoms with Crippen molar-refractivity contribution < 1.29 is 9.90 Å². The number of piperidine rings is 1. The number of pyridine rings is 1. The molecule has 1 saturated carbocycles. The topological polar surface area (TPSA) is 148 Å². The lowest BCUT2D eigenvalue weighted by atomic mass is 9.90. The summed E-state index contributed by atoms with van der Waals surface area (Å²) >= 11 is 0. The molecule has 2 fully saturated rings. The second kappa shape index (κ2) is 13.7. The molecule has 1 aliphatic carbocycles. The van der Waals surface area contributed by atoms with Crippen molar-refractivity contribution in [1.29, 1.82) is 5.26 Å². The number of carbonyl (C=O) groups is 1. The summed E-state index contributed by atoms with van der Waals surface area (Å²) in [4.78, 5) is 31.4. The molecule has 232 valence electrons. The largest absolute Gasteiger partial charge is 0.393 e. The van der Waals surface area contributed by atoms with E-state index in [9.17, 15) is 15.2 Å². The minimum absolute atomic E-state index is 0.0345. The van der Waals surface area contributed by atoms with Gasteiger partial charge >= 0.3 is 6.03 Å². The average Bonchev–Trinajstić information content (AvgIpc) is 3.52. The molecule has 2 aliphatic rings. The predicted octanol–water partition coefficient (Wildman–Crippen LogP) is 4.24. The van der Waals surface area contributed by atoms with Crippen molar-refractivity contribution in [2.24, 2.45) is 7.05 Å². The second-order valence-electron chi connectivity index (χ2n) is 11.7. The number of carbonyl (C=O) groups excluding carboxylic acids is 1. The van der Waals surface area contributed by atoms with Crippen LogP contribution >= 0.6 is 0 Å². The van der Waals surface area contributed by atoms with Crippen LogP contribution in [-0.4, -0.2) is 67.1 Å². The monoisotopic (exact) mass is 606 g/mol. The van der Waals surface area contributed by atoms with E-state index in [1.165, 1.54) is 0 Å². The quantitative estimate of drug-likeness (QED) is 0.268. The number of aryl methyl sites for hydroxylation is 1. The minimum Gasteiger partial charge on any atom is -0.393 e. The molecule has 1 aromatic carbocycles. The number of hydrogen-bond acceptors (Lipinski definition) is 9. The lowest BCUT2D eigenvalue weighted by Gasteiger charge is -2.36. The van der Waals surface area contributed by atoms with Crippen molar-refractivity contribution in [2.45, 2.75) is 63.3 Å². The van der Waals surface area contributed by atoms with E-state index in [-0.39, 0.29) is 24.2 Å². The van der Waals surface area contributed by atoms with Gasteiger partial charge in [0.2, 0.25) is 5.95 Å². The SMILES string of the molecule is Cn1cc(-c2ccc(N(C(=O)NCc3ccccc3)C3CCC(Nc4ncc(C#N)c(N5CCC(O)CC5)n4)CC3)nc2)cn1. The van der Waals surface area contributed by atoms with Gasteiger partial charge < -0.3 is 20.6 Å². The fourth-order valence-corrected chi connectivity index (χ4v) is 6.09. The molecule has 12 heteroatoms. The Bertz CT molecular complexity index is 1620. The van der Waals surface area contributed by atoms with Gasteiger partial charge in [0.15, 0.2) is 5.82 Å². The summed E-state index contributed by atoms with van der Waals surface area (Å²) in [6, 6.07) is 15.9. The Morgan fingerprint density at radius 3 is 2.44 bits per heavy atom. The highest BCUT2D eigenvalue weighted by atomic mass is 16.3. The first-order valence-corrected chi connectivity index (χ1v) is 15.5. The van der Waals surface area contributed by atoms with Gasteiger partial charge in [-0.05, 0) is 56.2 Å². The summed E-state index contributed by atoms with van der Waals surface area (Å²) in [7, 11) is 1.88. The van der Waals surface area contributed by atoms with Crippen LogP contribution in [0.25, 0.3) is 11.1 Å². The van der Waals surface area contributed by atoms with Gasteiger partial charge in [-0.25, -0.2) is 14.8 Å². The predicted molar refractivity (Wildman–Crippen MR) is 171 cm³/mol. The summed E-state index contributed by atoms with van der Waals surface area (Å²) < 4.78 is 1.75. The first-order chi connectivity index (χ1) is 22.0. The smallest absolute Gasteiger partial charge is 0.323 e. The van der Waals surface area contributed by atoms with Crippen LogP contribution < -0.4 is 20.4 Å². The van der Waals surface area contributed by atoms with E-state index in [1.54, 1.807) is 28.2 Å². The van der Waals surface area contributed by atoms with Crippen LogP contribution in [0.5, 0.6) is 0 Å². The van der Waals surface area contributed by atoms with Gasteiger partial charge in [0.05, 0.1) is 18.5 Å². The third kappa shape index (κ3) is 7.21. The molecular weight excluding hydrogens is 568 g/mol. The molecule has 1 aliphatic heterocycles. The molecule has 1 saturated heterocycles. The van der Waals surface area contributed by atoms with Gasteiger partial charge in [0, 0.05) is 62.3 Å². The molecule has 0 radical (unpaired) electrons.